The molecule has 1 atom stereocenters. The molecule has 19 heavy (non-hydrogen) atoms. The molecule has 1 aromatic heterocycles. The van der Waals surface area contributed by atoms with Crippen LogP contribution in [0.15, 0.2) is 0 Å². The zero-order valence-electron chi connectivity index (χ0n) is 10.1. The lowest BCUT2D eigenvalue weighted by Gasteiger charge is -2.10. The number of ether oxygens (including phenoxy) is 1. The van der Waals surface area contributed by atoms with Gasteiger partial charge in [-0.2, -0.15) is 13.2 Å². The van der Waals surface area contributed by atoms with Gasteiger partial charge in [-0.1, -0.05) is 6.92 Å². The van der Waals surface area contributed by atoms with Crippen molar-refractivity contribution in [1.29, 1.82) is 0 Å². The fraction of sp³-hybridized carbons (Fsp3) is 0.778. The summed E-state index contributed by atoms with van der Waals surface area (Å²) in [5.41, 5.74) is 0. The van der Waals surface area contributed by atoms with E-state index in [2.05, 4.69) is 20.3 Å². The van der Waals surface area contributed by atoms with Crippen molar-refractivity contribution in [3.63, 3.8) is 0 Å². The van der Waals surface area contributed by atoms with Crippen LogP contribution in [-0.2, 0) is 22.7 Å². The molecule has 0 aromatic carbocycles. The molecule has 10 heteroatoms. The molecule has 0 fully saturated rings. The number of hydrogen-bond donors (Lipinski definition) is 1. The Hall–Kier alpha value is -1.71. The first-order chi connectivity index (χ1) is 8.78. The van der Waals surface area contributed by atoms with E-state index in [4.69, 9.17) is 5.11 Å². The lowest BCUT2D eigenvalue weighted by atomic mass is 10.1. The number of carboxylic acid groups (broad SMARTS) is 1. The molecule has 0 aliphatic carbocycles. The zero-order valence-corrected chi connectivity index (χ0v) is 10.1. The summed E-state index contributed by atoms with van der Waals surface area (Å²) in [6.45, 7) is 0.108. The lowest BCUT2D eigenvalue weighted by Crippen LogP contribution is -2.19. The molecule has 1 unspecified atom stereocenters. The number of carboxylic acids is 1. The monoisotopic (exact) mass is 282 g/mol. The molecule has 0 aliphatic heterocycles. The summed E-state index contributed by atoms with van der Waals surface area (Å²) in [7, 11) is 0. The third-order valence-corrected chi connectivity index (χ3v) is 2.11. The average molecular weight is 282 g/mol. The van der Waals surface area contributed by atoms with Gasteiger partial charge >= 0.3 is 12.1 Å². The third-order valence-electron chi connectivity index (χ3n) is 2.11. The Kier molecular flexibility index (Phi) is 5.21. The van der Waals surface area contributed by atoms with Gasteiger partial charge in [-0.3, -0.25) is 4.79 Å². The van der Waals surface area contributed by atoms with E-state index in [0.29, 0.717) is 0 Å². The van der Waals surface area contributed by atoms with Crippen molar-refractivity contribution in [1.82, 2.24) is 20.2 Å². The average Bonchev–Trinajstić information content (AvgIpc) is 2.62. The molecule has 108 valence electrons. The molecule has 0 radical (unpaired) electrons. The van der Waals surface area contributed by atoms with Crippen LogP contribution in [0.2, 0.25) is 0 Å². The number of hydrogen-bond acceptors (Lipinski definition) is 5. The standard InChI is InChI=1S/C9H13F3N4O3/c1-6(2-8(17)18)3-16-7(13-14-15-16)4-19-5-9(10,11)12/h6H,2-5H2,1H3,(H,17,18). The summed E-state index contributed by atoms with van der Waals surface area (Å²) in [6.07, 6.45) is -4.49. The van der Waals surface area contributed by atoms with Crippen molar-refractivity contribution < 1.29 is 27.8 Å². The maximum Gasteiger partial charge on any atom is 0.411 e. The normalized spacial score (nSPS) is 13.5. The van der Waals surface area contributed by atoms with Crippen LogP contribution in [0.4, 0.5) is 13.2 Å². The molecule has 0 bridgehead atoms. The summed E-state index contributed by atoms with van der Waals surface area (Å²) in [4.78, 5) is 10.5. The van der Waals surface area contributed by atoms with Gasteiger partial charge < -0.3 is 9.84 Å². The predicted octanol–water partition coefficient (Wildman–Crippen LogP) is 0.863. The quantitative estimate of drug-likeness (QED) is 0.797. The van der Waals surface area contributed by atoms with Crippen LogP contribution in [0, 0.1) is 5.92 Å². The second kappa shape index (κ2) is 6.45. The van der Waals surface area contributed by atoms with E-state index in [1.54, 1.807) is 6.92 Å². The van der Waals surface area contributed by atoms with Gasteiger partial charge in [0.15, 0.2) is 5.82 Å². The maximum absolute atomic E-state index is 11.9. The minimum atomic E-state index is -4.41. The molecule has 0 amide bonds. The van der Waals surface area contributed by atoms with E-state index in [0.717, 1.165) is 0 Å². The molecule has 0 aliphatic rings. The van der Waals surface area contributed by atoms with Crippen LogP contribution < -0.4 is 0 Å². The second-order valence-corrected chi connectivity index (χ2v) is 4.09. The van der Waals surface area contributed by atoms with Crippen LogP contribution >= 0.6 is 0 Å². The highest BCUT2D eigenvalue weighted by molar-refractivity contribution is 5.66. The minimum absolute atomic E-state index is 0.0806. The van der Waals surface area contributed by atoms with E-state index < -0.39 is 18.8 Å². The number of halogens is 3. The molecule has 1 N–H and O–H groups in total. The Morgan fingerprint density at radius 3 is 2.79 bits per heavy atom. The Labute approximate surface area is 106 Å². The topological polar surface area (TPSA) is 90.1 Å². The van der Waals surface area contributed by atoms with Crippen LogP contribution in [0.1, 0.15) is 19.2 Å². The molecule has 1 aromatic rings. The van der Waals surface area contributed by atoms with Crippen LogP contribution in [-0.4, -0.2) is 44.1 Å². The van der Waals surface area contributed by atoms with Gasteiger partial charge in [0.1, 0.15) is 13.2 Å². The predicted molar refractivity (Wildman–Crippen MR) is 54.9 cm³/mol. The van der Waals surface area contributed by atoms with Gasteiger partial charge in [0.05, 0.1) is 0 Å². The van der Waals surface area contributed by atoms with Gasteiger partial charge in [-0.15, -0.1) is 5.10 Å². The van der Waals surface area contributed by atoms with Crippen molar-refractivity contribution in [2.24, 2.45) is 5.92 Å². The summed E-state index contributed by atoms with van der Waals surface area (Å²) in [5.74, 6) is -1.08. The van der Waals surface area contributed by atoms with Crippen LogP contribution in [0.25, 0.3) is 0 Å². The highest BCUT2D eigenvalue weighted by Crippen LogP contribution is 2.15. The Morgan fingerprint density at radius 1 is 1.53 bits per heavy atom. The number of tetrazole rings is 1. The number of carbonyl (C=O) groups is 1. The SMILES string of the molecule is CC(CC(=O)O)Cn1nnnc1COCC(F)(F)F. The lowest BCUT2D eigenvalue weighted by molar-refractivity contribution is -0.177. The summed E-state index contributed by atoms with van der Waals surface area (Å²) < 4.78 is 41.4. The van der Waals surface area contributed by atoms with E-state index in [9.17, 15) is 18.0 Å². The second-order valence-electron chi connectivity index (χ2n) is 4.09. The Morgan fingerprint density at radius 2 is 2.21 bits per heavy atom. The molecule has 0 spiro atoms. The van der Waals surface area contributed by atoms with E-state index in [1.165, 1.54) is 4.68 Å². The molecule has 7 nitrogen and oxygen atoms in total. The third kappa shape index (κ3) is 6.13. The smallest absolute Gasteiger partial charge is 0.411 e. The first kappa shape index (κ1) is 15.3. The van der Waals surface area contributed by atoms with Crippen LogP contribution in [0.5, 0.6) is 0 Å². The fourth-order valence-corrected chi connectivity index (χ4v) is 1.38. The Balaban J connectivity index is 2.48. The van der Waals surface area contributed by atoms with Gasteiger partial charge in [0.25, 0.3) is 0 Å². The maximum atomic E-state index is 11.9. The number of alkyl halides is 3. The zero-order chi connectivity index (χ0) is 14.5. The first-order valence-corrected chi connectivity index (χ1v) is 5.39. The van der Waals surface area contributed by atoms with Gasteiger partial charge in [0, 0.05) is 13.0 Å². The molecule has 1 rings (SSSR count). The van der Waals surface area contributed by atoms with E-state index >= 15 is 0 Å². The summed E-state index contributed by atoms with van der Waals surface area (Å²) in [5, 5.41) is 19.0. The summed E-state index contributed by atoms with van der Waals surface area (Å²) in [6, 6.07) is 0. The van der Waals surface area contributed by atoms with Crippen molar-refractivity contribution in [2.75, 3.05) is 6.61 Å². The molecular formula is C9H13F3N4O3. The van der Waals surface area contributed by atoms with Crippen molar-refractivity contribution in [3.05, 3.63) is 5.82 Å². The van der Waals surface area contributed by atoms with Crippen molar-refractivity contribution in [2.45, 2.75) is 32.7 Å². The molecular weight excluding hydrogens is 269 g/mol. The number of aliphatic carboxylic acids is 1. The Bertz CT molecular complexity index is 421. The largest absolute Gasteiger partial charge is 0.481 e. The van der Waals surface area contributed by atoms with E-state index in [1.807, 2.05) is 0 Å². The molecule has 1 heterocycles. The molecule has 0 saturated heterocycles. The number of nitrogens with zero attached hydrogens (tertiary/aromatic N) is 4. The summed E-state index contributed by atoms with van der Waals surface area (Å²) >= 11 is 0. The van der Waals surface area contributed by atoms with Crippen molar-refractivity contribution >= 4 is 5.97 Å². The number of aromatic nitrogens is 4. The highest BCUT2D eigenvalue weighted by Gasteiger charge is 2.27. The number of rotatable bonds is 7. The first-order valence-electron chi connectivity index (χ1n) is 5.39. The van der Waals surface area contributed by atoms with Crippen molar-refractivity contribution in [3.8, 4) is 0 Å². The van der Waals surface area contributed by atoms with Gasteiger partial charge in [-0.25, -0.2) is 4.68 Å². The highest BCUT2D eigenvalue weighted by atomic mass is 19.4. The molecule has 0 saturated carbocycles. The van der Waals surface area contributed by atoms with Crippen LogP contribution in [0.3, 0.4) is 0 Å². The minimum Gasteiger partial charge on any atom is -0.481 e. The fourth-order valence-electron chi connectivity index (χ4n) is 1.38. The van der Waals surface area contributed by atoms with Gasteiger partial charge in [0.2, 0.25) is 0 Å². The van der Waals surface area contributed by atoms with Gasteiger partial charge in [-0.05, 0) is 16.3 Å². The van der Waals surface area contributed by atoms with E-state index in [-0.39, 0.29) is 31.3 Å².